The van der Waals surface area contributed by atoms with E-state index in [1.807, 2.05) is 6.92 Å². The molecule has 2 rings (SSSR count). The van der Waals surface area contributed by atoms with Gasteiger partial charge in [0.1, 0.15) is 0 Å². The van der Waals surface area contributed by atoms with Gasteiger partial charge in [-0.15, -0.1) is 0 Å². The standard InChI is InChI=1S/C14H11Cl3N2O/c1-8-10(16)3-2-4-12(8)18-14(20)19-13-7-9(15)5-6-11(13)17/h2-7H,1H3,(H2,18,19,20). The summed E-state index contributed by atoms with van der Waals surface area (Å²) >= 11 is 17.8. The van der Waals surface area contributed by atoms with Gasteiger partial charge in [-0.3, -0.25) is 0 Å². The van der Waals surface area contributed by atoms with Crippen LogP contribution in [-0.2, 0) is 0 Å². The maximum atomic E-state index is 11.9. The van der Waals surface area contributed by atoms with E-state index >= 15 is 0 Å². The Morgan fingerprint density at radius 2 is 1.65 bits per heavy atom. The summed E-state index contributed by atoms with van der Waals surface area (Å²) < 4.78 is 0. The monoisotopic (exact) mass is 328 g/mol. The first-order chi connectivity index (χ1) is 9.47. The molecule has 0 saturated heterocycles. The van der Waals surface area contributed by atoms with Crippen LogP contribution in [0.15, 0.2) is 36.4 Å². The van der Waals surface area contributed by atoms with Crippen molar-refractivity contribution in [3.63, 3.8) is 0 Å². The van der Waals surface area contributed by atoms with Crippen LogP contribution in [0.4, 0.5) is 16.2 Å². The van der Waals surface area contributed by atoms with Crippen molar-refractivity contribution in [3.05, 3.63) is 57.0 Å². The minimum absolute atomic E-state index is 0.410. The predicted octanol–water partition coefficient (Wildman–Crippen LogP) is 5.60. The molecule has 0 spiro atoms. The molecule has 2 aromatic carbocycles. The molecular formula is C14H11Cl3N2O. The van der Waals surface area contributed by atoms with Crippen LogP contribution in [0, 0.1) is 6.92 Å². The highest BCUT2D eigenvalue weighted by Gasteiger charge is 2.09. The SMILES string of the molecule is Cc1c(Cl)cccc1NC(=O)Nc1cc(Cl)ccc1Cl. The summed E-state index contributed by atoms with van der Waals surface area (Å²) in [4.78, 5) is 11.9. The summed E-state index contributed by atoms with van der Waals surface area (Å²) in [6.07, 6.45) is 0. The second-order valence-corrected chi connectivity index (χ2v) is 5.37. The van der Waals surface area contributed by atoms with E-state index in [-0.39, 0.29) is 0 Å². The third-order valence-electron chi connectivity index (χ3n) is 2.69. The van der Waals surface area contributed by atoms with Gasteiger partial charge >= 0.3 is 6.03 Å². The van der Waals surface area contributed by atoms with Crippen LogP contribution in [-0.4, -0.2) is 6.03 Å². The van der Waals surface area contributed by atoms with Crippen molar-refractivity contribution in [2.24, 2.45) is 0 Å². The normalized spacial score (nSPS) is 10.2. The highest BCUT2D eigenvalue weighted by Crippen LogP contribution is 2.26. The number of anilines is 2. The van der Waals surface area contributed by atoms with Gasteiger partial charge in [0.2, 0.25) is 0 Å². The number of nitrogens with one attached hydrogen (secondary N) is 2. The molecule has 0 radical (unpaired) electrons. The first kappa shape index (κ1) is 15.0. The lowest BCUT2D eigenvalue weighted by atomic mass is 10.2. The number of benzene rings is 2. The highest BCUT2D eigenvalue weighted by atomic mass is 35.5. The number of hydrogen-bond donors (Lipinski definition) is 2. The van der Waals surface area contributed by atoms with E-state index in [1.165, 1.54) is 0 Å². The third-order valence-corrected chi connectivity index (χ3v) is 3.67. The van der Waals surface area contributed by atoms with Crippen molar-refractivity contribution in [2.75, 3.05) is 10.6 Å². The molecule has 0 aliphatic carbocycles. The molecule has 3 nitrogen and oxygen atoms in total. The Labute approximate surface area is 131 Å². The fourth-order valence-electron chi connectivity index (χ4n) is 1.61. The molecule has 104 valence electrons. The van der Waals surface area contributed by atoms with Gasteiger partial charge in [0.25, 0.3) is 0 Å². The lowest BCUT2D eigenvalue weighted by Gasteiger charge is -2.11. The molecule has 2 amide bonds. The van der Waals surface area contributed by atoms with Crippen molar-refractivity contribution in [1.82, 2.24) is 0 Å². The number of urea groups is 1. The molecule has 0 bridgehead atoms. The summed E-state index contributed by atoms with van der Waals surface area (Å²) in [7, 11) is 0. The van der Waals surface area contributed by atoms with E-state index < -0.39 is 6.03 Å². The lowest BCUT2D eigenvalue weighted by molar-refractivity contribution is 0.262. The van der Waals surface area contributed by atoms with Gasteiger partial charge in [-0.1, -0.05) is 40.9 Å². The average Bonchev–Trinajstić information content (AvgIpc) is 2.39. The van der Waals surface area contributed by atoms with Gasteiger partial charge in [-0.05, 0) is 42.8 Å². The van der Waals surface area contributed by atoms with Gasteiger partial charge in [-0.2, -0.15) is 0 Å². The van der Waals surface area contributed by atoms with Crippen LogP contribution < -0.4 is 10.6 Å². The number of rotatable bonds is 2. The van der Waals surface area contributed by atoms with Crippen LogP contribution in [0.5, 0.6) is 0 Å². The zero-order chi connectivity index (χ0) is 14.7. The molecular weight excluding hydrogens is 319 g/mol. The van der Waals surface area contributed by atoms with E-state index in [9.17, 15) is 4.79 Å². The summed E-state index contributed by atoms with van der Waals surface area (Å²) in [5.41, 5.74) is 1.87. The van der Waals surface area contributed by atoms with Crippen LogP contribution in [0.2, 0.25) is 15.1 Å². The van der Waals surface area contributed by atoms with E-state index in [4.69, 9.17) is 34.8 Å². The smallest absolute Gasteiger partial charge is 0.307 e. The molecule has 2 N–H and O–H groups in total. The second-order valence-electron chi connectivity index (χ2n) is 4.12. The maximum Gasteiger partial charge on any atom is 0.323 e. The first-order valence-corrected chi connectivity index (χ1v) is 6.89. The molecule has 2 aromatic rings. The molecule has 0 aliphatic heterocycles. The molecule has 0 unspecified atom stereocenters. The predicted molar refractivity (Wildman–Crippen MR) is 85.3 cm³/mol. The minimum atomic E-state index is -0.417. The molecule has 0 aromatic heterocycles. The Bertz CT molecular complexity index is 653. The highest BCUT2D eigenvalue weighted by molar-refractivity contribution is 6.35. The van der Waals surface area contributed by atoms with Crippen molar-refractivity contribution in [3.8, 4) is 0 Å². The number of carbonyl (C=O) groups excluding carboxylic acids is 1. The van der Waals surface area contributed by atoms with Crippen LogP contribution in [0.25, 0.3) is 0 Å². The van der Waals surface area contributed by atoms with E-state index in [0.29, 0.717) is 26.4 Å². The average molecular weight is 330 g/mol. The maximum absolute atomic E-state index is 11.9. The van der Waals surface area contributed by atoms with E-state index in [2.05, 4.69) is 10.6 Å². The largest absolute Gasteiger partial charge is 0.323 e. The summed E-state index contributed by atoms with van der Waals surface area (Å²) in [6.45, 7) is 1.82. The van der Waals surface area contributed by atoms with Crippen molar-refractivity contribution in [2.45, 2.75) is 6.92 Å². The Hall–Kier alpha value is -1.42. The number of amides is 2. The van der Waals surface area contributed by atoms with Crippen LogP contribution in [0.1, 0.15) is 5.56 Å². The quantitative estimate of drug-likeness (QED) is 0.740. The van der Waals surface area contributed by atoms with E-state index in [1.54, 1.807) is 36.4 Å². The Morgan fingerprint density at radius 1 is 0.950 bits per heavy atom. The molecule has 0 fully saturated rings. The van der Waals surface area contributed by atoms with Gasteiger partial charge in [-0.25, -0.2) is 4.79 Å². The number of carbonyl (C=O) groups is 1. The zero-order valence-corrected chi connectivity index (χ0v) is 12.8. The molecule has 0 atom stereocenters. The Morgan fingerprint density at radius 3 is 2.40 bits per heavy atom. The molecule has 0 heterocycles. The summed E-state index contributed by atoms with van der Waals surface area (Å²) in [5, 5.41) is 6.83. The summed E-state index contributed by atoms with van der Waals surface area (Å²) in [5.74, 6) is 0. The first-order valence-electron chi connectivity index (χ1n) is 5.75. The molecule has 6 heteroatoms. The topological polar surface area (TPSA) is 41.1 Å². The van der Waals surface area contributed by atoms with Gasteiger partial charge < -0.3 is 10.6 Å². The van der Waals surface area contributed by atoms with E-state index in [0.717, 1.165) is 5.56 Å². The second kappa shape index (κ2) is 6.35. The Kier molecular flexibility index (Phi) is 4.76. The molecule has 0 saturated carbocycles. The Balaban J connectivity index is 2.13. The zero-order valence-electron chi connectivity index (χ0n) is 10.5. The lowest BCUT2D eigenvalue weighted by Crippen LogP contribution is -2.20. The third kappa shape index (κ3) is 3.57. The van der Waals surface area contributed by atoms with Crippen LogP contribution in [0.3, 0.4) is 0 Å². The number of halogens is 3. The van der Waals surface area contributed by atoms with Crippen molar-refractivity contribution in [1.29, 1.82) is 0 Å². The minimum Gasteiger partial charge on any atom is -0.307 e. The fourth-order valence-corrected chi connectivity index (χ4v) is 2.12. The van der Waals surface area contributed by atoms with Crippen molar-refractivity contribution < 1.29 is 4.79 Å². The summed E-state index contributed by atoms with van der Waals surface area (Å²) in [6, 6.07) is 9.71. The fraction of sp³-hybridized carbons (Fsp3) is 0.0714. The molecule has 0 aliphatic rings. The van der Waals surface area contributed by atoms with Crippen LogP contribution >= 0.6 is 34.8 Å². The van der Waals surface area contributed by atoms with Gasteiger partial charge in [0.15, 0.2) is 0 Å². The molecule has 20 heavy (non-hydrogen) atoms. The van der Waals surface area contributed by atoms with Gasteiger partial charge in [0.05, 0.1) is 10.7 Å². The van der Waals surface area contributed by atoms with Gasteiger partial charge in [0, 0.05) is 15.7 Å². The van der Waals surface area contributed by atoms with Crippen molar-refractivity contribution >= 4 is 52.2 Å². The number of hydrogen-bond acceptors (Lipinski definition) is 1.